The Labute approximate surface area is 119 Å². The highest BCUT2D eigenvalue weighted by molar-refractivity contribution is 5.55. The summed E-state index contributed by atoms with van der Waals surface area (Å²) in [5.74, 6) is 1.09. The van der Waals surface area contributed by atoms with Gasteiger partial charge >= 0.3 is 0 Å². The van der Waals surface area contributed by atoms with Gasteiger partial charge in [-0.1, -0.05) is 49.6 Å². The maximum atomic E-state index is 9.46. The summed E-state index contributed by atoms with van der Waals surface area (Å²) in [7, 11) is 0. The van der Waals surface area contributed by atoms with Crippen LogP contribution in [0.1, 0.15) is 38.1 Å². The molecule has 1 saturated carbocycles. The van der Waals surface area contributed by atoms with Gasteiger partial charge in [0.15, 0.2) is 0 Å². The van der Waals surface area contributed by atoms with Gasteiger partial charge in [0, 0.05) is 18.0 Å². The van der Waals surface area contributed by atoms with Gasteiger partial charge in [0.1, 0.15) is 5.82 Å². The van der Waals surface area contributed by atoms with Crippen LogP contribution in [0.4, 0.5) is 0 Å². The van der Waals surface area contributed by atoms with E-state index < -0.39 is 0 Å². The van der Waals surface area contributed by atoms with Crippen molar-refractivity contribution in [1.82, 2.24) is 9.55 Å². The second-order valence-electron chi connectivity index (χ2n) is 5.47. The zero-order chi connectivity index (χ0) is 13.8. The summed E-state index contributed by atoms with van der Waals surface area (Å²) >= 11 is 0. The van der Waals surface area contributed by atoms with Gasteiger partial charge in [0.05, 0.1) is 18.0 Å². The summed E-state index contributed by atoms with van der Waals surface area (Å²) in [5.41, 5.74) is 1.12. The zero-order valence-corrected chi connectivity index (χ0v) is 11.6. The first kappa shape index (κ1) is 12.9. The summed E-state index contributed by atoms with van der Waals surface area (Å²) in [6.07, 6.45) is 9.58. The first-order chi connectivity index (χ1) is 9.90. The molecule has 0 bridgehead atoms. The van der Waals surface area contributed by atoms with Gasteiger partial charge in [-0.2, -0.15) is 5.26 Å². The van der Waals surface area contributed by atoms with Crippen molar-refractivity contribution >= 4 is 0 Å². The van der Waals surface area contributed by atoms with E-state index in [0.717, 1.165) is 24.2 Å². The van der Waals surface area contributed by atoms with Crippen molar-refractivity contribution in [3.05, 3.63) is 42.7 Å². The Hall–Kier alpha value is -2.08. The Morgan fingerprint density at radius 1 is 1.10 bits per heavy atom. The molecule has 1 fully saturated rings. The van der Waals surface area contributed by atoms with E-state index in [1.54, 1.807) is 0 Å². The van der Waals surface area contributed by atoms with Crippen LogP contribution in [0.15, 0.2) is 42.7 Å². The number of benzene rings is 1. The highest BCUT2D eigenvalue weighted by atomic mass is 15.1. The average Bonchev–Trinajstić information content (AvgIpc) is 2.86. The summed E-state index contributed by atoms with van der Waals surface area (Å²) in [4.78, 5) is 4.51. The van der Waals surface area contributed by atoms with Gasteiger partial charge in [-0.15, -0.1) is 0 Å². The summed E-state index contributed by atoms with van der Waals surface area (Å²) in [5, 5.41) is 9.46. The highest BCUT2D eigenvalue weighted by Crippen LogP contribution is 2.34. The van der Waals surface area contributed by atoms with E-state index in [-0.39, 0.29) is 12.0 Å². The van der Waals surface area contributed by atoms with E-state index in [9.17, 15) is 5.26 Å². The minimum Gasteiger partial charge on any atom is -0.327 e. The van der Waals surface area contributed by atoms with Gasteiger partial charge in [-0.25, -0.2) is 4.98 Å². The van der Waals surface area contributed by atoms with Crippen LogP contribution < -0.4 is 0 Å². The fourth-order valence-corrected chi connectivity index (χ4v) is 3.16. The molecule has 102 valence electrons. The molecular formula is C17H19N3. The molecule has 0 aliphatic heterocycles. The van der Waals surface area contributed by atoms with Crippen molar-refractivity contribution in [2.24, 2.45) is 5.92 Å². The molecule has 0 amide bonds. The number of hydrogen-bond donors (Lipinski definition) is 0. The van der Waals surface area contributed by atoms with Crippen LogP contribution in [-0.2, 0) is 0 Å². The number of aromatic nitrogens is 2. The molecule has 0 saturated heterocycles. The monoisotopic (exact) mass is 265 g/mol. The van der Waals surface area contributed by atoms with Crippen molar-refractivity contribution in [2.45, 2.75) is 38.1 Å². The first-order valence-corrected chi connectivity index (χ1v) is 7.38. The lowest BCUT2D eigenvalue weighted by Gasteiger charge is -2.23. The number of imidazole rings is 1. The minimum absolute atomic E-state index is 0.106. The third-order valence-corrected chi connectivity index (χ3v) is 4.20. The second kappa shape index (κ2) is 5.92. The van der Waals surface area contributed by atoms with Crippen molar-refractivity contribution in [3.8, 4) is 17.5 Å². The molecule has 1 heterocycles. The van der Waals surface area contributed by atoms with Gasteiger partial charge in [-0.3, -0.25) is 0 Å². The normalized spacial score (nSPS) is 22.9. The number of hydrogen-bond acceptors (Lipinski definition) is 2. The molecule has 2 unspecified atom stereocenters. The van der Waals surface area contributed by atoms with Crippen LogP contribution in [0.25, 0.3) is 11.4 Å². The Bertz CT molecular complexity index is 594. The van der Waals surface area contributed by atoms with Crippen LogP contribution >= 0.6 is 0 Å². The quantitative estimate of drug-likeness (QED) is 0.764. The predicted molar refractivity (Wildman–Crippen MR) is 78.9 cm³/mol. The molecule has 0 spiro atoms. The molecule has 1 aliphatic rings. The molecule has 3 heteroatoms. The summed E-state index contributed by atoms with van der Waals surface area (Å²) in [6, 6.07) is 13.0. The predicted octanol–water partition coefficient (Wildman–Crippen LogP) is 4.20. The molecule has 20 heavy (non-hydrogen) atoms. The third-order valence-electron chi connectivity index (χ3n) is 4.20. The van der Waals surface area contributed by atoms with Crippen LogP contribution in [0, 0.1) is 17.2 Å². The van der Waals surface area contributed by atoms with Gasteiger partial charge < -0.3 is 4.57 Å². The molecular weight excluding hydrogens is 246 g/mol. The maximum Gasteiger partial charge on any atom is 0.140 e. The van der Waals surface area contributed by atoms with Gasteiger partial charge in [0.2, 0.25) is 0 Å². The second-order valence-corrected chi connectivity index (χ2v) is 5.47. The highest BCUT2D eigenvalue weighted by Gasteiger charge is 2.26. The Balaban J connectivity index is 1.98. The average molecular weight is 265 g/mol. The molecule has 0 radical (unpaired) electrons. The summed E-state index contributed by atoms with van der Waals surface area (Å²) in [6.45, 7) is 0. The van der Waals surface area contributed by atoms with E-state index in [1.165, 1.54) is 19.3 Å². The molecule has 2 atom stereocenters. The lowest BCUT2D eigenvalue weighted by Crippen LogP contribution is -2.17. The van der Waals surface area contributed by atoms with Crippen LogP contribution in [0.2, 0.25) is 0 Å². The Kier molecular flexibility index (Phi) is 3.83. The topological polar surface area (TPSA) is 41.6 Å². The largest absolute Gasteiger partial charge is 0.327 e. The first-order valence-electron chi connectivity index (χ1n) is 7.38. The molecule has 1 aromatic carbocycles. The van der Waals surface area contributed by atoms with Gasteiger partial charge in [-0.05, 0) is 12.8 Å². The number of nitrogens with zero attached hydrogens (tertiary/aromatic N) is 3. The third kappa shape index (κ3) is 2.46. The molecule has 0 N–H and O–H groups in total. The molecule has 3 nitrogen and oxygen atoms in total. The fraction of sp³-hybridized carbons (Fsp3) is 0.412. The molecule has 3 rings (SSSR count). The van der Waals surface area contributed by atoms with Crippen molar-refractivity contribution in [2.75, 3.05) is 0 Å². The van der Waals surface area contributed by atoms with E-state index in [1.807, 2.05) is 30.6 Å². The maximum absolute atomic E-state index is 9.46. The number of rotatable bonds is 2. The fourth-order valence-electron chi connectivity index (χ4n) is 3.16. The zero-order valence-electron chi connectivity index (χ0n) is 11.6. The minimum atomic E-state index is 0.106. The van der Waals surface area contributed by atoms with E-state index in [0.29, 0.717) is 0 Å². The van der Waals surface area contributed by atoms with Crippen LogP contribution in [0.3, 0.4) is 0 Å². The van der Waals surface area contributed by atoms with E-state index in [2.05, 4.69) is 27.8 Å². The molecule has 2 aromatic rings. The number of nitriles is 1. The Morgan fingerprint density at radius 2 is 1.90 bits per heavy atom. The SMILES string of the molecule is N#CC1CCCCCC1n1ccnc1-c1ccccc1. The van der Waals surface area contributed by atoms with E-state index >= 15 is 0 Å². The molecule has 1 aromatic heterocycles. The lowest BCUT2D eigenvalue weighted by atomic mass is 9.96. The molecule has 1 aliphatic carbocycles. The van der Waals surface area contributed by atoms with Crippen molar-refractivity contribution in [3.63, 3.8) is 0 Å². The lowest BCUT2D eigenvalue weighted by molar-refractivity contribution is 0.375. The standard InChI is InChI=1S/C17H19N3/c18-13-15-9-5-2-6-10-16(15)20-12-11-19-17(20)14-7-3-1-4-8-14/h1,3-4,7-8,11-12,15-16H,2,5-6,9-10H2. The van der Waals surface area contributed by atoms with E-state index in [4.69, 9.17) is 0 Å². The van der Waals surface area contributed by atoms with Crippen molar-refractivity contribution in [1.29, 1.82) is 5.26 Å². The van der Waals surface area contributed by atoms with Crippen LogP contribution in [-0.4, -0.2) is 9.55 Å². The van der Waals surface area contributed by atoms with Crippen molar-refractivity contribution < 1.29 is 0 Å². The smallest absolute Gasteiger partial charge is 0.140 e. The van der Waals surface area contributed by atoms with Crippen LogP contribution in [0.5, 0.6) is 0 Å². The Morgan fingerprint density at radius 3 is 2.70 bits per heavy atom. The summed E-state index contributed by atoms with van der Waals surface area (Å²) < 4.78 is 2.22. The van der Waals surface area contributed by atoms with Gasteiger partial charge in [0.25, 0.3) is 0 Å².